The number of benzene rings is 1. The zero-order valence-corrected chi connectivity index (χ0v) is 8.97. The van der Waals surface area contributed by atoms with Crippen molar-refractivity contribution in [2.75, 3.05) is 0 Å². The van der Waals surface area contributed by atoms with E-state index < -0.39 is 11.9 Å². The lowest BCUT2D eigenvalue weighted by Gasteiger charge is -2.06. The van der Waals surface area contributed by atoms with E-state index in [1.165, 1.54) is 0 Å². The second-order valence-corrected chi connectivity index (χ2v) is 3.64. The smallest absolute Gasteiger partial charge is 0.354 e. The van der Waals surface area contributed by atoms with Gasteiger partial charge in [-0.15, -0.1) is 0 Å². The second-order valence-electron chi connectivity index (χ2n) is 3.64. The van der Waals surface area contributed by atoms with E-state index in [2.05, 4.69) is 4.98 Å². The summed E-state index contributed by atoms with van der Waals surface area (Å²) >= 11 is 0. The highest BCUT2D eigenvalue weighted by Gasteiger charge is 2.15. The molecule has 0 atom stereocenters. The molecule has 0 radical (unpaired) electrons. The van der Waals surface area contributed by atoms with Crippen LogP contribution in [-0.2, 0) is 0 Å². The summed E-state index contributed by atoms with van der Waals surface area (Å²) in [6.07, 6.45) is 0. The van der Waals surface area contributed by atoms with Gasteiger partial charge in [0, 0.05) is 5.39 Å². The number of pyridine rings is 1. The lowest BCUT2D eigenvalue weighted by atomic mass is 10.0. The Balaban J connectivity index is 2.91. The Bertz CT molecular complexity index is 634. The molecule has 0 spiro atoms. The van der Waals surface area contributed by atoms with Gasteiger partial charge in [0.2, 0.25) is 0 Å². The van der Waals surface area contributed by atoms with Crippen LogP contribution < -0.4 is 0 Å². The van der Waals surface area contributed by atoms with Crippen LogP contribution in [0.5, 0.6) is 0 Å². The van der Waals surface area contributed by atoms with E-state index in [-0.39, 0.29) is 11.3 Å². The van der Waals surface area contributed by atoms with Gasteiger partial charge in [0.1, 0.15) is 5.69 Å². The molecule has 2 aromatic rings. The first kappa shape index (κ1) is 11.1. The Morgan fingerprint density at radius 3 is 2.47 bits per heavy atom. The van der Waals surface area contributed by atoms with E-state index in [0.717, 1.165) is 11.6 Å². The molecule has 0 aliphatic rings. The highest BCUT2D eigenvalue weighted by atomic mass is 16.4. The van der Waals surface area contributed by atoms with Crippen molar-refractivity contribution in [3.8, 4) is 0 Å². The molecule has 5 heteroatoms. The van der Waals surface area contributed by atoms with E-state index >= 15 is 0 Å². The third-order valence-corrected chi connectivity index (χ3v) is 2.49. The van der Waals surface area contributed by atoms with Crippen LogP contribution in [0.1, 0.15) is 26.4 Å². The van der Waals surface area contributed by atoms with Crippen LogP contribution in [-0.4, -0.2) is 27.1 Å². The van der Waals surface area contributed by atoms with Crippen LogP contribution in [0.4, 0.5) is 0 Å². The normalized spacial score (nSPS) is 10.4. The minimum absolute atomic E-state index is 0.0453. The molecule has 86 valence electrons. The fraction of sp³-hybridized carbons (Fsp3) is 0.0833. The fourth-order valence-electron chi connectivity index (χ4n) is 1.68. The molecule has 1 aromatic heterocycles. The zero-order valence-electron chi connectivity index (χ0n) is 8.97. The Morgan fingerprint density at radius 2 is 1.88 bits per heavy atom. The minimum atomic E-state index is -1.24. The second kappa shape index (κ2) is 3.86. The van der Waals surface area contributed by atoms with Gasteiger partial charge < -0.3 is 10.2 Å². The third kappa shape index (κ3) is 1.82. The van der Waals surface area contributed by atoms with E-state index in [0.29, 0.717) is 10.9 Å². The quantitative estimate of drug-likeness (QED) is 0.824. The predicted molar refractivity (Wildman–Crippen MR) is 60.4 cm³/mol. The number of hydrogen-bond acceptors (Lipinski definition) is 3. The van der Waals surface area contributed by atoms with Crippen LogP contribution in [0.25, 0.3) is 10.9 Å². The predicted octanol–water partition coefficient (Wildman–Crippen LogP) is 1.94. The lowest BCUT2D eigenvalue weighted by molar-refractivity contribution is 0.0691. The molecule has 0 fully saturated rings. The highest BCUT2D eigenvalue weighted by Crippen LogP contribution is 2.21. The number of aromatic carboxylic acids is 2. The molecule has 2 rings (SSSR count). The summed E-state index contributed by atoms with van der Waals surface area (Å²) in [7, 11) is 0. The molecule has 2 N–H and O–H groups in total. The van der Waals surface area contributed by atoms with Gasteiger partial charge in [-0.05, 0) is 18.6 Å². The maximum atomic E-state index is 11.1. The van der Waals surface area contributed by atoms with Gasteiger partial charge in [0.25, 0.3) is 0 Å². The largest absolute Gasteiger partial charge is 0.478 e. The Hall–Kier alpha value is -2.43. The number of para-hydroxylation sites is 1. The van der Waals surface area contributed by atoms with Gasteiger partial charge in [-0.25, -0.2) is 14.6 Å². The molecular weight excluding hydrogens is 222 g/mol. The Morgan fingerprint density at radius 1 is 1.18 bits per heavy atom. The molecular formula is C12H9NO4. The van der Waals surface area contributed by atoms with Crippen molar-refractivity contribution in [2.24, 2.45) is 0 Å². The molecule has 0 saturated heterocycles. The number of aryl methyl sites for hydroxylation is 1. The van der Waals surface area contributed by atoms with Gasteiger partial charge >= 0.3 is 11.9 Å². The van der Waals surface area contributed by atoms with Crippen LogP contribution in [0.3, 0.4) is 0 Å². The summed E-state index contributed by atoms with van der Waals surface area (Å²) in [6, 6.07) is 6.16. The monoisotopic (exact) mass is 231 g/mol. The number of fused-ring (bicyclic) bond motifs is 1. The van der Waals surface area contributed by atoms with E-state index in [1.54, 1.807) is 25.1 Å². The molecule has 5 nitrogen and oxygen atoms in total. The number of hydrogen-bond donors (Lipinski definition) is 2. The highest BCUT2D eigenvalue weighted by molar-refractivity contribution is 6.05. The average Bonchev–Trinajstić information content (AvgIpc) is 2.28. The van der Waals surface area contributed by atoms with Crippen molar-refractivity contribution >= 4 is 22.8 Å². The average molecular weight is 231 g/mol. The summed E-state index contributed by atoms with van der Waals surface area (Å²) in [5, 5.41) is 18.4. The van der Waals surface area contributed by atoms with Crippen LogP contribution in [0, 0.1) is 6.92 Å². The van der Waals surface area contributed by atoms with Crippen molar-refractivity contribution in [2.45, 2.75) is 6.92 Å². The molecule has 0 unspecified atom stereocenters. The number of carbonyl (C=O) groups is 2. The van der Waals surface area contributed by atoms with Crippen LogP contribution in [0.15, 0.2) is 24.3 Å². The first-order valence-electron chi connectivity index (χ1n) is 4.87. The van der Waals surface area contributed by atoms with E-state index in [4.69, 9.17) is 10.2 Å². The zero-order chi connectivity index (χ0) is 12.6. The van der Waals surface area contributed by atoms with Gasteiger partial charge in [0.15, 0.2) is 0 Å². The summed E-state index contributed by atoms with van der Waals surface area (Å²) < 4.78 is 0. The molecule has 0 bridgehead atoms. The van der Waals surface area contributed by atoms with Crippen molar-refractivity contribution in [1.29, 1.82) is 0 Å². The van der Waals surface area contributed by atoms with Crippen LogP contribution in [0.2, 0.25) is 0 Å². The maximum absolute atomic E-state index is 11.1. The number of rotatable bonds is 2. The molecule has 0 saturated carbocycles. The van der Waals surface area contributed by atoms with Crippen molar-refractivity contribution in [3.05, 3.63) is 41.1 Å². The molecule has 0 aliphatic heterocycles. The van der Waals surface area contributed by atoms with Gasteiger partial charge in [-0.2, -0.15) is 0 Å². The minimum Gasteiger partial charge on any atom is -0.478 e. The number of carboxylic acid groups (broad SMARTS) is 2. The molecule has 17 heavy (non-hydrogen) atoms. The van der Waals surface area contributed by atoms with Gasteiger partial charge in [-0.1, -0.05) is 18.2 Å². The summed E-state index contributed by atoms with van der Waals surface area (Å²) in [6.45, 7) is 1.76. The standard InChI is InChI=1S/C12H9NO4/c1-6-3-2-4-7-8(11(14)15)5-9(12(16)17)13-10(6)7/h2-5H,1H3,(H,14,15)(H,16,17). The molecule has 0 amide bonds. The summed E-state index contributed by atoms with van der Waals surface area (Å²) in [4.78, 5) is 25.9. The Kier molecular flexibility index (Phi) is 2.51. The molecule has 0 aliphatic carbocycles. The van der Waals surface area contributed by atoms with E-state index in [9.17, 15) is 9.59 Å². The van der Waals surface area contributed by atoms with E-state index in [1.807, 2.05) is 0 Å². The summed E-state index contributed by atoms with van der Waals surface area (Å²) in [5.41, 5.74) is 0.846. The maximum Gasteiger partial charge on any atom is 0.354 e. The molecule has 1 heterocycles. The number of aromatic nitrogens is 1. The number of carboxylic acids is 2. The van der Waals surface area contributed by atoms with Gasteiger partial charge in [0.05, 0.1) is 11.1 Å². The first-order chi connectivity index (χ1) is 8.00. The van der Waals surface area contributed by atoms with Crippen molar-refractivity contribution in [1.82, 2.24) is 4.98 Å². The van der Waals surface area contributed by atoms with Crippen molar-refractivity contribution < 1.29 is 19.8 Å². The van der Waals surface area contributed by atoms with Crippen LogP contribution >= 0.6 is 0 Å². The molecule has 1 aromatic carbocycles. The third-order valence-electron chi connectivity index (χ3n) is 2.49. The number of nitrogens with zero attached hydrogens (tertiary/aromatic N) is 1. The SMILES string of the molecule is Cc1cccc2c(C(=O)O)cc(C(=O)O)nc12. The van der Waals surface area contributed by atoms with Crippen molar-refractivity contribution in [3.63, 3.8) is 0 Å². The lowest BCUT2D eigenvalue weighted by Crippen LogP contribution is -2.06. The Labute approximate surface area is 96.3 Å². The van der Waals surface area contributed by atoms with Gasteiger partial charge in [-0.3, -0.25) is 0 Å². The topological polar surface area (TPSA) is 87.5 Å². The summed E-state index contributed by atoms with van der Waals surface area (Å²) in [5.74, 6) is -2.40. The fourth-order valence-corrected chi connectivity index (χ4v) is 1.68. The first-order valence-corrected chi connectivity index (χ1v) is 4.87.